The van der Waals surface area contributed by atoms with Crippen molar-refractivity contribution >= 4 is 35.1 Å². The third kappa shape index (κ3) is 10.6. The van der Waals surface area contributed by atoms with E-state index in [1.807, 2.05) is 20.8 Å². The molecule has 38 heavy (non-hydrogen) atoms. The summed E-state index contributed by atoms with van der Waals surface area (Å²) in [6.07, 6.45) is 1.27. The Morgan fingerprint density at radius 1 is 1.13 bits per heavy atom. The standard InChI is InChI=1S/C24H41N9O5/c1-5-14(3)21(30-12-16-11-17(33(37)38)10-15(4)20(16)28-6-2)23(36)32-18(8-7-9-29-24(26)27)22(35)31-13-19(25)34/h10-11,14,18,21,28,30H,5-9,12-13H2,1-4H3,(H2,25,34)(H,31,35)(H,32,36)(H4,26,27,29). The van der Waals surface area contributed by atoms with Gasteiger partial charge >= 0.3 is 0 Å². The normalized spacial score (nSPS) is 13.1. The highest BCUT2D eigenvalue weighted by molar-refractivity contribution is 5.91. The summed E-state index contributed by atoms with van der Waals surface area (Å²) in [5.41, 5.74) is 17.9. The average molecular weight is 536 g/mol. The quantitative estimate of drug-likeness (QED) is 0.0466. The number of benzene rings is 1. The van der Waals surface area contributed by atoms with Crippen molar-refractivity contribution in [3.05, 3.63) is 33.4 Å². The lowest BCUT2D eigenvalue weighted by atomic mass is 9.96. The first-order valence-electron chi connectivity index (χ1n) is 12.6. The van der Waals surface area contributed by atoms with Gasteiger partial charge in [0.25, 0.3) is 5.69 Å². The predicted molar refractivity (Wildman–Crippen MR) is 146 cm³/mol. The highest BCUT2D eigenvalue weighted by atomic mass is 16.6. The molecule has 0 aliphatic carbocycles. The van der Waals surface area contributed by atoms with Crippen molar-refractivity contribution in [1.82, 2.24) is 16.0 Å². The van der Waals surface area contributed by atoms with E-state index in [1.165, 1.54) is 12.1 Å². The molecule has 0 radical (unpaired) electrons. The van der Waals surface area contributed by atoms with E-state index in [0.717, 1.165) is 5.69 Å². The van der Waals surface area contributed by atoms with E-state index in [9.17, 15) is 24.5 Å². The van der Waals surface area contributed by atoms with Gasteiger partial charge in [0.05, 0.1) is 17.5 Å². The van der Waals surface area contributed by atoms with E-state index >= 15 is 0 Å². The number of nitrogens with one attached hydrogen (secondary N) is 4. The Morgan fingerprint density at radius 3 is 2.37 bits per heavy atom. The van der Waals surface area contributed by atoms with Crippen LogP contribution in [0.3, 0.4) is 0 Å². The first kappa shape index (κ1) is 32.1. The van der Waals surface area contributed by atoms with Crippen LogP contribution in [0.2, 0.25) is 0 Å². The summed E-state index contributed by atoms with van der Waals surface area (Å²) in [5.74, 6) is -1.92. The number of primary amides is 1. The van der Waals surface area contributed by atoms with Crippen molar-refractivity contribution in [2.75, 3.05) is 25.0 Å². The maximum Gasteiger partial charge on any atom is 0.270 e. The summed E-state index contributed by atoms with van der Waals surface area (Å²) in [6, 6.07) is 1.31. The number of nitro benzene ring substituents is 1. The summed E-state index contributed by atoms with van der Waals surface area (Å²) in [6.45, 7) is 8.20. The fourth-order valence-electron chi connectivity index (χ4n) is 3.85. The highest BCUT2D eigenvalue weighted by Crippen LogP contribution is 2.27. The zero-order valence-corrected chi connectivity index (χ0v) is 22.5. The Kier molecular flexibility index (Phi) is 13.5. The van der Waals surface area contributed by atoms with Gasteiger partial charge in [0, 0.05) is 37.5 Å². The van der Waals surface area contributed by atoms with E-state index in [2.05, 4.69) is 26.3 Å². The van der Waals surface area contributed by atoms with Crippen LogP contribution in [0.15, 0.2) is 17.1 Å². The fraction of sp³-hybridized carbons (Fsp3) is 0.583. The first-order chi connectivity index (χ1) is 17.9. The molecule has 0 heterocycles. The number of anilines is 1. The summed E-state index contributed by atoms with van der Waals surface area (Å²) in [4.78, 5) is 52.0. The van der Waals surface area contributed by atoms with Gasteiger partial charge in [-0.3, -0.25) is 29.5 Å². The number of rotatable bonds is 17. The van der Waals surface area contributed by atoms with E-state index < -0.39 is 34.7 Å². The molecule has 14 heteroatoms. The second-order valence-electron chi connectivity index (χ2n) is 9.02. The summed E-state index contributed by atoms with van der Waals surface area (Å²) in [5, 5.41) is 23.0. The molecule has 3 unspecified atom stereocenters. The number of aliphatic imine (C=N–C) groups is 1. The van der Waals surface area contributed by atoms with Crippen LogP contribution in [-0.2, 0) is 20.9 Å². The maximum absolute atomic E-state index is 13.4. The lowest BCUT2D eigenvalue weighted by molar-refractivity contribution is -0.384. The number of amides is 3. The van der Waals surface area contributed by atoms with Crippen molar-refractivity contribution in [3.8, 4) is 0 Å². The van der Waals surface area contributed by atoms with Crippen LogP contribution in [0.5, 0.6) is 0 Å². The number of carbonyl (C=O) groups is 3. The molecule has 212 valence electrons. The summed E-state index contributed by atoms with van der Waals surface area (Å²) in [7, 11) is 0. The monoisotopic (exact) mass is 535 g/mol. The molecule has 10 N–H and O–H groups in total. The number of aryl methyl sites for hydroxylation is 1. The minimum atomic E-state index is -0.957. The molecule has 0 aliphatic rings. The maximum atomic E-state index is 13.4. The zero-order valence-electron chi connectivity index (χ0n) is 22.5. The number of carbonyl (C=O) groups excluding carboxylic acids is 3. The van der Waals surface area contributed by atoms with Gasteiger partial charge in [-0.05, 0) is 43.7 Å². The molecule has 0 saturated heterocycles. The van der Waals surface area contributed by atoms with Crippen molar-refractivity contribution in [1.29, 1.82) is 0 Å². The number of hydrogen-bond donors (Lipinski definition) is 7. The minimum absolute atomic E-state index is 0.0440. The molecule has 0 bridgehead atoms. The molecule has 1 aromatic rings. The predicted octanol–water partition coefficient (Wildman–Crippen LogP) is -0.0208. The third-order valence-electron chi connectivity index (χ3n) is 5.99. The lowest BCUT2D eigenvalue weighted by Gasteiger charge is -2.27. The van der Waals surface area contributed by atoms with E-state index in [0.29, 0.717) is 30.5 Å². The molecule has 0 saturated carbocycles. The molecule has 0 fully saturated rings. The van der Waals surface area contributed by atoms with Crippen molar-refractivity contribution in [2.24, 2.45) is 28.1 Å². The number of non-ortho nitro benzene ring substituents is 1. The first-order valence-corrected chi connectivity index (χ1v) is 12.6. The Hall–Kier alpha value is -3.94. The Bertz CT molecular complexity index is 1010. The van der Waals surface area contributed by atoms with Crippen LogP contribution in [0.4, 0.5) is 11.4 Å². The van der Waals surface area contributed by atoms with E-state index in [-0.39, 0.29) is 43.6 Å². The smallest absolute Gasteiger partial charge is 0.270 e. The average Bonchev–Trinajstić information content (AvgIpc) is 2.85. The molecule has 0 aliphatic heterocycles. The van der Waals surface area contributed by atoms with Gasteiger partial charge in [0.1, 0.15) is 6.04 Å². The van der Waals surface area contributed by atoms with Gasteiger partial charge in [-0.15, -0.1) is 0 Å². The Morgan fingerprint density at radius 2 is 1.82 bits per heavy atom. The lowest BCUT2D eigenvalue weighted by Crippen LogP contribution is -2.55. The van der Waals surface area contributed by atoms with Crippen LogP contribution in [0.1, 0.15) is 51.2 Å². The third-order valence-corrected chi connectivity index (χ3v) is 5.99. The number of nitrogens with zero attached hydrogens (tertiary/aromatic N) is 2. The van der Waals surface area contributed by atoms with Crippen molar-refractivity contribution in [3.63, 3.8) is 0 Å². The molecular weight excluding hydrogens is 494 g/mol. The van der Waals surface area contributed by atoms with Gasteiger partial charge in [-0.2, -0.15) is 0 Å². The second kappa shape index (κ2) is 16.0. The van der Waals surface area contributed by atoms with Crippen LogP contribution < -0.4 is 38.5 Å². The highest BCUT2D eigenvalue weighted by Gasteiger charge is 2.29. The number of guanidine groups is 1. The number of nitro groups is 1. The SMILES string of the molecule is CCNc1c(C)cc([N+](=O)[O-])cc1CNC(C(=O)NC(CCCN=C(N)N)C(=O)NCC(N)=O)C(C)CC. The van der Waals surface area contributed by atoms with Crippen LogP contribution in [-0.4, -0.2) is 60.3 Å². The van der Waals surface area contributed by atoms with E-state index in [4.69, 9.17) is 17.2 Å². The van der Waals surface area contributed by atoms with Crippen molar-refractivity contribution < 1.29 is 19.3 Å². The second-order valence-corrected chi connectivity index (χ2v) is 9.02. The van der Waals surface area contributed by atoms with Crippen molar-refractivity contribution in [2.45, 2.75) is 65.6 Å². The molecule has 1 rings (SSSR count). The van der Waals surface area contributed by atoms with Gasteiger partial charge in [0.15, 0.2) is 5.96 Å². The molecule has 0 spiro atoms. The number of nitrogens with two attached hydrogens (primary N) is 3. The number of hydrogen-bond acceptors (Lipinski definition) is 8. The van der Waals surface area contributed by atoms with Gasteiger partial charge in [-0.25, -0.2) is 0 Å². The Labute approximate surface area is 222 Å². The molecular formula is C24H41N9O5. The topological polar surface area (TPSA) is 233 Å². The van der Waals surface area contributed by atoms with Gasteiger partial charge in [-0.1, -0.05) is 20.3 Å². The van der Waals surface area contributed by atoms with Gasteiger partial charge < -0.3 is 38.5 Å². The Balaban J connectivity index is 3.13. The molecule has 3 amide bonds. The van der Waals surface area contributed by atoms with E-state index in [1.54, 1.807) is 6.92 Å². The molecule has 14 nitrogen and oxygen atoms in total. The molecule has 1 aromatic carbocycles. The van der Waals surface area contributed by atoms with Crippen LogP contribution in [0, 0.1) is 23.0 Å². The fourth-order valence-corrected chi connectivity index (χ4v) is 3.85. The molecule has 3 atom stereocenters. The largest absolute Gasteiger partial charge is 0.385 e. The summed E-state index contributed by atoms with van der Waals surface area (Å²) < 4.78 is 0. The van der Waals surface area contributed by atoms with Gasteiger partial charge in [0.2, 0.25) is 17.7 Å². The summed E-state index contributed by atoms with van der Waals surface area (Å²) >= 11 is 0. The molecule has 0 aromatic heterocycles. The van der Waals surface area contributed by atoms with Crippen LogP contribution >= 0.6 is 0 Å². The zero-order chi connectivity index (χ0) is 28.8. The minimum Gasteiger partial charge on any atom is -0.385 e. The van der Waals surface area contributed by atoms with Crippen LogP contribution in [0.25, 0.3) is 0 Å².